The minimum absolute atomic E-state index is 0.811. The monoisotopic (exact) mass is 251 g/mol. The smallest absolute Gasteiger partial charge is 0.146 e. The van der Waals surface area contributed by atoms with Crippen molar-refractivity contribution in [2.24, 2.45) is 0 Å². The van der Waals surface area contributed by atoms with Crippen molar-refractivity contribution >= 4 is 0 Å². The average molecular weight is 251 g/mol. The molecule has 0 spiro atoms. The highest BCUT2D eigenvalue weighted by molar-refractivity contribution is 5.59. The number of pyridine rings is 1. The Balaban J connectivity index is 2.15. The van der Waals surface area contributed by atoms with E-state index in [4.69, 9.17) is 4.74 Å². The van der Waals surface area contributed by atoms with E-state index in [1.54, 1.807) is 25.7 Å². The minimum atomic E-state index is 0.811. The maximum Gasteiger partial charge on any atom is 0.146 e. The topological polar surface area (TPSA) is 39.9 Å². The Hall–Kier alpha value is -2.62. The summed E-state index contributed by atoms with van der Waals surface area (Å²) in [6.45, 7) is 0. The molecule has 0 N–H and O–H groups in total. The van der Waals surface area contributed by atoms with Crippen LogP contribution in [-0.4, -0.2) is 21.6 Å². The van der Waals surface area contributed by atoms with Crippen LogP contribution in [0.25, 0.3) is 17.1 Å². The Labute approximate surface area is 111 Å². The molecule has 0 amide bonds. The summed E-state index contributed by atoms with van der Waals surface area (Å²) in [6.07, 6.45) is 7.24. The third-order valence-electron chi connectivity index (χ3n) is 2.91. The quantitative estimate of drug-likeness (QED) is 0.718. The van der Waals surface area contributed by atoms with Crippen LogP contribution in [0.5, 0.6) is 5.75 Å². The number of benzene rings is 1. The zero-order chi connectivity index (χ0) is 13.1. The molecule has 0 unspecified atom stereocenters. The summed E-state index contributed by atoms with van der Waals surface area (Å²) in [7, 11) is 1.67. The molecule has 94 valence electrons. The van der Waals surface area contributed by atoms with Crippen molar-refractivity contribution in [1.29, 1.82) is 0 Å². The Morgan fingerprint density at radius 2 is 1.95 bits per heavy atom. The van der Waals surface area contributed by atoms with Gasteiger partial charge in [0.15, 0.2) is 0 Å². The summed E-state index contributed by atoms with van der Waals surface area (Å²) in [4.78, 5) is 8.54. The van der Waals surface area contributed by atoms with Crippen molar-refractivity contribution in [3.63, 3.8) is 0 Å². The lowest BCUT2D eigenvalue weighted by Crippen LogP contribution is -1.99. The van der Waals surface area contributed by atoms with E-state index in [0.29, 0.717) is 0 Å². The summed E-state index contributed by atoms with van der Waals surface area (Å²) in [5, 5.41) is 0. The first kappa shape index (κ1) is 11.5. The first-order valence-electron chi connectivity index (χ1n) is 5.97. The number of hydrogen-bond acceptors (Lipinski definition) is 3. The maximum atomic E-state index is 5.40. The molecule has 0 bridgehead atoms. The zero-order valence-corrected chi connectivity index (χ0v) is 10.5. The van der Waals surface area contributed by atoms with Gasteiger partial charge < -0.3 is 4.74 Å². The number of rotatable bonds is 3. The number of nitrogens with zero attached hydrogens (tertiary/aromatic N) is 3. The van der Waals surface area contributed by atoms with Crippen LogP contribution in [0, 0.1) is 0 Å². The molecule has 0 saturated heterocycles. The molecule has 4 nitrogen and oxygen atoms in total. The van der Waals surface area contributed by atoms with Gasteiger partial charge in [0, 0.05) is 30.4 Å². The normalized spacial score (nSPS) is 10.4. The van der Waals surface area contributed by atoms with Gasteiger partial charge in [-0.3, -0.25) is 9.55 Å². The predicted octanol–water partition coefficient (Wildman–Crippen LogP) is 2.94. The highest BCUT2D eigenvalue weighted by atomic mass is 16.5. The van der Waals surface area contributed by atoms with E-state index < -0.39 is 0 Å². The molecule has 0 fully saturated rings. The second kappa shape index (κ2) is 4.94. The Bertz CT molecular complexity index is 677. The summed E-state index contributed by atoms with van der Waals surface area (Å²) in [5.41, 5.74) is 1.93. The third kappa shape index (κ3) is 2.08. The van der Waals surface area contributed by atoms with Crippen molar-refractivity contribution < 1.29 is 4.74 Å². The number of para-hydroxylation sites is 2. The van der Waals surface area contributed by atoms with E-state index in [1.165, 1.54) is 0 Å². The summed E-state index contributed by atoms with van der Waals surface area (Å²) >= 11 is 0. The van der Waals surface area contributed by atoms with Crippen molar-refractivity contribution in [3.05, 3.63) is 61.2 Å². The van der Waals surface area contributed by atoms with Gasteiger partial charge in [-0.15, -0.1) is 0 Å². The summed E-state index contributed by atoms with van der Waals surface area (Å²) < 4.78 is 7.39. The second-order valence-electron chi connectivity index (χ2n) is 4.03. The van der Waals surface area contributed by atoms with Crippen LogP contribution in [0.15, 0.2) is 61.2 Å². The molecule has 0 aliphatic rings. The highest BCUT2D eigenvalue weighted by Crippen LogP contribution is 2.27. The van der Waals surface area contributed by atoms with Gasteiger partial charge in [-0.1, -0.05) is 12.1 Å². The molecular formula is C15H13N3O. The van der Waals surface area contributed by atoms with Crippen LogP contribution in [0.3, 0.4) is 0 Å². The van der Waals surface area contributed by atoms with Gasteiger partial charge in [0.2, 0.25) is 0 Å². The molecule has 2 aromatic heterocycles. The third-order valence-corrected chi connectivity index (χ3v) is 2.91. The lowest BCUT2D eigenvalue weighted by atomic mass is 10.2. The molecule has 2 heterocycles. The fraction of sp³-hybridized carbons (Fsp3) is 0.0667. The molecule has 0 aliphatic carbocycles. The highest BCUT2D eigenvalue weighted by Gasteiger charge is 2.10. The van der Waals surface area contributed by atoms with Gasteiger partial charge in [0.1, 0.15) is 11.6 Å². The first-order chi connectivity index (χ1) is 9.40. The number of imidazole rings is 1. The van der Waals surface area contributed by atoms with Crippen LogP contribution in [0.2, 0.25) is 0 Å². The standard InChI is InChI=1S/C15H13N3O/c1-19-14-7-3-2-6-13(14)18-10-9-17-15(18)12-5-4-8-16-11-12/h2-11H,1H3. The minimum Gasteiger partial charge on any atom is -0.495 e. The van der Waals surface area contributed by atoms with Gasteiger partial charge in [-0.05, 0) is 24.3 Å². The lowest BCUT2D eigenvalue weighted by molar-refractivity contribution is 0.413. The first-order valence-corrected chi connectivity index (χ1v) is 5.97. The van der Waals surface area contributed by atoms with Crippen LogP contribution >= 0.6 is 0 Å². The van der Waals surface area contributed by atoms with Gasteiger partial charge >= 0.3 is 0 Å². The average Bonchev–Trinajstić information content (AvgIpc) is 2.97. The molecule has 1 aromatic carbocycles. The molecule has 3 rings (SSSR count). The molecular weight excluding hydrogens is 238 g/mol. The predicted molar refractivity (Wildman–Crippen MR) is 73.3 cm³/mol. The van der Waals surface area contributed by atoms with E-state index in [-0.39, 0.29) is 0 Å². The molecule has 19 heavy (non-hydrogen) atoms. The Kier molecular flexibility index (Phi) is 2.98. The fourth-order valence-corrected chi connectivity index (χ4v) is 2.04. The van der Waals surface area contributed by atoms with Crippen LogP contribution in [0.4, 0.5) is 0 Å². The molecule has 0 radical (unpaired) electrons. The van der Waals surface area contributed by atoms with E-state index in [9.17, 15) is 0 Å². The number of ether oxygens (including phenoxy) is 1. The molecule has 0 aliphatic heterocycles. The van der Waals surface area contributed by atoms with Gasteiger partial charge in [-0.25, -0.2) is 4.98 Å². The van der Waals surface area contributed by atoms with Crippen molar-refractivity contribution in [1.82, 2.24) is 14.5 Å². The van der Waals surface area contributed by atoms with Gasteiger partial charge in [0.05, 0.1) is 12.8 Å². The van der Waals surface area contributed by atoms with Gasteiger partial charge in [-0.2, -0.15) is 0 Å². The fourth-order valence-electron chi connectivity index (χ4n) is 2.04. The van der Waals surface area contributed by atoms with Crippen LogP contribution < -0.4 is 4.74 Å². The molecule has 3 aromatic rings. The van der Waals surface area contributed by atoms with Crippen LogP contribution in [0.1, 0.15) is 0 Å². The number of methoxy groups -OCH3 is 1. The van der Waals surface area contributed by atoms with Crippen molar-refractivity contribution in [2.75, 3.05) is 7.11 Å². The van der Waals surface area contributed by atoms with Crippen molar-refractivity contribution in [2.45, 2.75) is 0 Å². The Morgan fingerprint density at radius 1 is 1.05 bits per heavy atom. The SMILES string of the molecule is COc1ccccc1-n1ccnc1-c1cccnc1. The van der Waals surface area contributed by atoms with Crippen LogP contribution in [-0.2, 0) is 0 Å². The molecule has 0 atom stereocenters. The Morgan fingerprint density at radius 3 is 2.74 bits per heavy atom. The molecule has 0 saturated carbocycles. The second-order valence-corrected chi connectivity index (χ2v) is 4.03. The summed E-state index contributed by atoms with van der Waals surface area (Å²) in [5.74, 6) is 1.66. The van der Waals surface area contributed by atoms with E-state index in [1.807, 2.05) is 47.2 Å². The van der Waals surface area contributed by atoms with Gasteiger partial charge in [0.25, 0.3) is 0 Å². The lowest BCUT2D eigenvalue weighted by Gasteiger charge is -2.11. The molecule has 4 heteroatoms. The van der Waals surface area contributed by atoms with E-state index in [0.717, 1.165) is 22.8 Å². The largest absolute Gasteiger partial charge is 0.495 e. The van der Waals surface area contributed by atoms with E-state index in [2.05, 4.69) is 9.97 Å². The number of hydrogen-bond donors (Lipinski definition) is 0. The number of aromatic nitrogens is 3. The van der Waals surface area contributed by atoms with E-state index >= 15 is 0 Å². The van der Waals surface area contributed by atoms with Crippen molar-refractivity contribution in [3.8, 4) is 22.8 Å². The summed E-state index contributed by atoms with van der Waals surface area (Å²) in [6, 6.07) is 11.7. The zero-order valence-electron chi connectivity index (χ0n) is 10.5. The maximum absolute atomic E-state index is 5.40.